The van der Waals surface area contributed by atoms with Crippen molar-refractivity contribution in [1.82, 2.24) is 0 Å². The lowest BCUT2D eigenvalue weighted by Gasteiger charge is -2.46. The fraction of sp³-hybridized carbons (Fsp3) is 0.697. The second kappa shape index (κ2) is 9.01. The van der Waals surface area contributed by atoms with Gasteiger partial charge in [-0.25, -0.2) is 0 Å². The molecule has 0 aromatic carbocycles. The number of hydrogen-bond donors (Lipinski definition) is 0. The van der Waals surface area contributed by atoms with E-state index in [1.54, 1.807) is 0 Å². The van der Waals surface area contributed by atoms with E-state index in [1.807, 2.05) is 23.5 Å². The Morgan fingerprint density at radius 3 is 0.892 bits per heavy atom. The average molecular weight is 543 g/mol. The first-order valence-corrected chi connectivity index (χ1v) is 15.5. The Labute approximate surface area is 235 Å². The van der Waals surface area contributed by atoms with E-state index in [-0.39, 0.29) is 37.3 Å². The van der Waals surface area contributed by atoms with E-state index in [2.05, 4.69) is 121 Å². The van der Waals surface area contributed by atoms with E-state index in [4.69, 9.17) is 0 Å². The highest BCUT2D eigenvalue weighted by Crippen LogP contribution is 2.72. The monoisotopic (exact) mass is 542 g/mol. The van der Waals surface area contributed by atoms with Crippen LogP contribution < -0.4 is 0 Å². The first kappa shape index (κ1) is 30.5. The van der Waals surface area contributed by atoms with Gasteiger partial charge in [-0.2, -0.15) is 0 Å². The van der Waals surface area contributed by atoms with Crippen LogP contribution in [0.15, 0.2) is 46.6 Å². The highest BCUT2D eigenvalue weighted by atomic mass is 32.2. The summed E-state index contributed by atoms with van der Waals surface area (Å²) in [4.78, 5) is 28.0. The van der Waals surface area contributed by atoms with Crippen molar-refractivity contribution in [2.75, 3.05) is 0 Å². The van der Waals surface area contributed by atoms with Crippen molar-refractivity contribution < 1.29 is 9.59 Å². The average Bonchev–Trinajstić information content (AvgIpc) is 2.97. The number of fused-ring (bicyclic) bond motifs is 1. The first-order valence-electron chi connectivity index (χ1n) is 13.9. The molecule has 0 radical (unpaired) electrons. The van der Waals surface area contributed by atoms with Gasteiger partial charge in [-0.1, -0.05) is 121 Å². The van der Waals surface area contributed by atoms with Crippen molar-refractivity contribution >= 4 is 35.1 Å². The third kappa shape index (κ3) is 5.15. The predicted octanol–water partition coefficient (Wildman–Crippen LogP) is 9.52. The lowest BCUT2D eigenvalue weighted by Crippen LogP contribution is -2.48. The van der Waals surface area contributed by atoms with Crippen LogP contribution in [0.3, 0.4) is 0 Å². The van der Waals surface area contributed by atoms with E-state index in [1.165, 1.54) is 0 Å². The highest BCUT2D eigenvalue weighted by Gasteiger charge is 2.64. The molecule has 0 saturated carbocycles. The second-order valence-electron chi connectivity index (χ2n) is 15.3. The molecule has 4 heteroatoms. The Hall–Kier alpha value is -1.00. The van der Waals surface area contributed by atoms with Crippen molar-refractivity contribution in [2.24, 2.45) is 21.7 Å². The molecule has 0 atom stereocenters. The van der Waals surface area contributed by atoms with Crippen LogP contribution in [-0.2, 0) is 9.59 Å². The van der Waals surface area contributed by atoms with Gasteiger partial charge in [-0.05, 0) is 34.5 Å². The topological polar surface area (TPSA) is 34.1 Å². The highest BCUT2D eigenvalue weighted by molar-refractivity contribution is 8.23. The standard InChI is InChI=1S/C33H50O2S2/c1-15-33(16-2)36-31(17-21(27(3,4)5)25(34)22(18-31)28(6,7)8)32(37-33)19-23(29(9,10)11)26(35)24(20-32)30(12,13)14/h17-20H,15-16H2,1-14H3. The quantitative estimate of drug-likeness (QED) is 0.348. The Morgan fingerprint density at radius 1 is 0.514 bits per heavy atom. The van der Waals surface area contributed by atoms with Gasteiger partial charge < -0.3 is 0 Å². The summed E-state index contributed by atoms with van der Waals surface area (Å²) in [5, 5.41) is 0. The molecule has 0 aromatic heterocycles. The van der Waals surface area contributed by atoms with E-state index in [0.29, 0.717) is 0 Å². The molecule has 1 saturated heterocycles. The molecule has 2 spiro atoms. The molecule has 2 aliphatic carbocycles. The van der Waals surface area contributed by atoms with E-state index < -0.39 is 9.49 Å². The van der Waals surface area contributed by atoms with Crippen molar-refractivity contribution in [2.45, 2.75) is 123 Å². The molecule has 0 unspecified atom stereocenters. The zero-order chi connectivity index (χ0) is 28.6. The van der Waals surface area contributed by atoms with Crippen molar-refractivity contribution in [3.63, 3.8) is 0 Å². The van der Waals surface area contributed by atoms with Gasteiger partial charge in [0.05, 0.1) is 13.6 Å². The van der Waals surface area contributed by atoms with Crippen LogP contribution in [-0.4, -0.2) is 25.1 Å². The zero-order valence-electron chi connectivity index (χ0n) is 25.9. The third-order valence-corrected chi connectivity index (χ3v) is 12.4. The van der Waals surface area contributed by atoms with Crippen LogP contribution in [0.4, 0.5) is 0 Å². The number of carbonyl (C=O) groups excluding carboxylic acids is 2. The maximum Gasteiger partial charge on any atom is 0.185 e. The molecule has 1 fully saturated rings. The number of rotatable bonds is 2. The van der Waals surface area contributed by atoms with Crippen molar-refractivity contribution in [1.29, 1.82) is 0 Å². The normalized spacial score (nSPS) is 23.7. The van der Waals surface area contributed by atoms with Gasteiger partial charge in [0.2, 0.25) is 0 Å². The van der Waals surface area contributed by atoms with Crippen LogP contribution >= 0.6 is 23.5 Å². The van der Waals surface area contributed by atoms with Gasteiger partial charge in [0.15, 0.2) is 11.6 Å². The van der Waals surface area contributed by atoms with E-state index in [0.717, 1.165) is 35.1 Å². The number of allylic oxidation sites excluding steroid dienone is 4. The molecular weight excluding hydrogens is 492 g/mol. The second-order valence-corrected chi connectivity index (χ2v) is 18.9. The molecule has 3 aliphatic rings. The number of ketones is 2. The molecule has 0 aromatic rings. The smallest absolute Gasteiger partial charge is 0.185 e. The fourth-order valence-corrected chi connectivity index (χ4v) is 9.94. The van der Waals surface area contributed by atoms with Crippen LogP contribution in [0.1, 0.15) is 110 Å². The summed E-state index contributed by atoms with van der Waals surface area (Å²) in [6, 6.07) is 0. The lowest BCUT2D eigenvalue weighted by atomic mass is 9.65. The maximum absolute atomic E-state index is 14.0. The van der Waals surface area contributed by atoms with Crippen LogP contribution in [0.2, 0.25) is 0 Å². The molecule has 0 amide bonds. The summed E-state index contributed by atoms with van der Waals surface area (Å²) in [5.41, 5.74) is 2.41. The fourth-order valence-electron chi connectivity index (χ4n) is 5.63. The Bertz CT molecular complexity index is 957. The van der Waals surface area contributed by atoms with Crippen LogP contribution in [0.25, 0.3) is 0 Å². The van der Waals surface area contributed by atoms with Crippen molar-refractivity contribution in [3.8, 4) is 0 Å². The maximum atomic E-state index is 14.0. The Morgan fingerprint density at radius 2 is 0.730 bits per heavy atom. The summed E-state index contributed by atoms with van der Waals surface area (Å²) in [7, 11) is 0. The largest absolute Gasteiger partial charge is 0.289 e. The summed E-state index contributed by atoms with van der Waals surface area (Å²) in [6.07, 6.45) is 11.2. The minimum absolute atomic E-state index is 0.0290. The van der Waals surface area contributed by atoms with Gasteiger partial charge in [0, 0.05) is 22.3 Å². The van der Waals surface area contributed by atoms with Crippen molar-refractivity contribution in [3.05, 3.63) is 46.6 Å². The lowest BCUT2D eigenvalue weighted by molar-refractivity contribution is -0.115. The van der Waals surface area contributed by atoms with Gasteiger partial charge in [0.1, 0.15) is 0 Å². The van der Waals surface area contributed by atoms with Crippen LogP contribution in [0, 0.1) is 21.7 Å². The van der Waals surface area contributed by atoms with E-state index in [9.17, 15) is 9.59 Å². The minimum atomic E-state index is -0.476. The van der Waals surface area contributed by atoms with Gasteiger partial charge in [-0.15, -0.1) is 23.5 Å². The molecule has 0 N–H and O–H groups in total. The zero-order valence-corrected chi connectivity index (χ0v) is 27.5. The molecule has 206 valence electrons. The first-order chi connectivity index (χ1) is 16.5. The third-order valence-electron chi connectivity index (χ3n) is 8.04. The van der Waals surface area contributed by atoms with Gasteiger partial charge in [0.25, 0.3) is 0 Å². The molecule has 1 heterocycles. The van der Waals surface area contributed by atoms with Crippen LogP contribution in [0.5, 0.6) is 0 Å². The summed E-state index contributed by atoms with van der Waals surface area (Å²) in [6.45, 7) is 30.4. The number of thioether (sulfide) groups is 2. The molecule has 37 heavy (non-hydrogen) atoms. The molecular formula is C33H50O2S2. The Balaban J connectivity index is 2.56. The summed E-state index contributed by atoms with van der Waals surface area (Å²) in [5.74, 6) is 0.340. The summed E-state index contributed by atoms with van der Waals surface area (Å²) < 4.78 is -0.980. The summed E-state index contributed by atoms with van der Waals surface area (Å²) >= 11 is 4.03. The molecule has 1 aliphatic heterocycles. The number of hydrogen-bond acceptors (Lipinski definition) is 4. The molecule has 3 rings (SSSR count). The molecule has 2 nitrogen and oxygen atoms in total. The Kier molecular flexibility index (Phi) is 7.44. The number of Topliss-reactive ketones (excluding diaryl/α,β-unsaturated/α-hetero) is 2. The predicted molar refractivity (Wildman–Crippen MR) is 164 cm³/mol. The van der Waals surface area contributed by atoms with Gasteiger partial charge in [-0.3, -0.25) is 9.59 Å². The SMILES string of the molecule is CCC1(CC)SC2(C=C(C(C)(C)C)C(=O)C(C(C)(C)C)=C2)C2(C=C(C(C)(C)C)C(=O)C(C(C)(C)C)=C2)S1. The minimum Gasteiger partial charge on any atom is -0.289 e. The number of carbonyl (C=O) groups is 2. The van der Waals surface area contributed by atoms with E-state index >= 15 is 0 Å². The van der Waals surface area contributed by atoms with Gasteiger partial charge >= 0.3 is 0 Å². The molecule has 0 bridgehead atoms.